The molecule has 0 saturated carbocycles. The van der Waals surface area contributed by atoms with Crippen LogP contribution < -0.4 is 21.1 Å². The number of halogens is 1. The van der Waals surface area contributed by atoms with Gasteiger partial charge in [0.05, 0.1) is 18.7 Å². The minimum Gasteiger partial charge on any atom is -0.496 e. The van der Waals surface area contributed by atoms with Gasteiger partial charge in [0.1, 0.15) is 5.75 Å². The molecule has 0 bridgehead atoms. The van der Waals surface area contributed by atoms with Crippen molar-refractivity contribution in [2.24, 2.45) is 11.7 Å². The molecule has 2 rings (SSSR count). The van der Waals surface area contributed by atoms with Crippen LogP contribution >= 0.6 is 12.4 Å². The van der Waals surface area contributed by atoms with Gasteiger partial charge in [-0.3, -0.25) is 9.59 Å². The predicted molar refractivity (Wildman–Crippen MR) is 106 cm³/mol. The van der Waals surface area contributed by atoms with Gasteiger partial charge in [0.2, 0.25) is 5.91 Å². The highest BCUT2D eigenvalue weighted by Crippen LogP contribution is 2.21. The van der Waals surface area contributed by atoms with E-state index < -0.39 is 6.04 Å². The van der Waals surface area contributed by atoms with Crippen LogP contribution in [0.2, 0.25) is 0 Å². The van der Waals surface area contributed by atoms with Crippen LogP contribution in [0.5, 0.6) is 5.75 Å². The Morgan fingerprint density at radius 2 is 1.62 bits per heavy atom. The second kappa shape index (κ2) is 9.79. The molecule has 1 atom stereocenters. The third-order valence-electron chi connectivity index (χ3n) is 3.76. The SMILES string of the molecule is COc1ccccc1C(=O)Nc1cccc(NC(=O)[C@H](N)C(C)C)c1.Cl. The van der Waals surface area contributed by atoms with Gasteiger partial charge in [-0.25, -0.2) is 0 Å². The van der Waals surface area contributed by atoms with Crippen molar-refractivity contribution in [2.45, 2.75) is 19.9 Å². The molecule has 0 aromatic heterocycles. The average molecular weight is 378 g/mol. The molecule has 2 aromatic carbocycles. The van der Waals surface area contributed by atoms with Crippen molar-refractivity contribution in [1.82, 2.24) is 0 Å². The molecule has 0 heterocycles. The molecule has 0 radical (unpaired) electrons. The van der Waals surface area contributed by atoms with Crippen molar-refractivity contribution in [3.63, 3.8) is 0 Å². The van der Waals surface area contributed by atoms with Crippen molar-refractivity contribution >= 4 is 35.6 Å². The third kappa shape index (κ3) is 5.47. The van der Waals surface area contributed by atoms with Gasteiger partial charge in [-0.05, 0) is 36.2 Å². The zero-order valence-electron chi connectivity index (χ0n) is 15.0. The van der Waals surface area contributed by atoms with Gasteiger partial charge < -0.3 is 21.1 Å². The normalized spacial score (nSPS) is 11.3. The largest absolute Gasteiger partial charge is 0.496 e. The highest BCUT2D eigenvalue weighted by molar-refractivity contribution is 6.06. The summed E-state index contributed by atoms with van der Waals surface area (Å²) in [5.41, 5.74) is 7.40. The van der Waals surface area contributed by atoms with Crippen LogP contribution in [0.1, 0.15) is 24.2 Å². The van der Waals surface area contributed by atoms with Crippen LogP contribution in [0.4, 0.5) is 11.4 Å². The quantitative estimate of drug-likeness (QED) is 0.720. The Balaban J connectivity index is 0.00000338. The van der Waals surface area contributed by atoms with Crippen LogP contribution in [-0.4, -0.2) is 25.0 Å². The fourth-order valence-corrected chi connectivity index (χ4v) is 2.23. The lowest BCUT2D eigenvalue weighted by Crippen LogP contribution is -2.39. The average Bonchev–Trinajstić information content (AvgIpc) is 2.61. The van der Waals surface area contributed by atoms with Gasteiger partial charge in [0, 0.05) is 11.4 Å². The Labute approximate surface area is 159 Å². The van der Waals surface area contributed by atoms with E-state index in [4.69, 9.17) is 10.5 Å². The maximum Gasteiger partial charge on any atom is 0.259 e. The molecular formula is C19H24ClN3O3. The van der Waals surface area contributed by atoms with Crippen molar-refractivity contribution in [2.75, 3.05) is 17.7 Å². The highest BCUT2D eigenvalue weighted by Gasteiger charge is 2.17. The van der Waals surface area contributed by atoms with Gasteiger partial charge in [-0.1, -0.05) is 32.0 Å². The first-order valence-electron chi connectivity index (χ1n) is 8.03. The first kappa shape index (κ1) is 21.5. The Kier molecular flexibility index (Phi) is 8.09. The standard InChI is InChI=1S/C19H23N3O3.ClH/c1-12(2)17(20)19(24)22-14-8-6-7-13(11-14)21-18(23)15-9-4-5-10-16(15)25-3;/h4-12,17H,20H2,1-3H3,(H,21,23)(H,22,24);1H/t17-;/m1./s1. The van der Waals surface area contributed by atoms with E-state index in [1.165, 1.54) is 7.11 Å². The van der Waals surface area contributed by atoms with E-state index in [1.807, 2.05) is 13.8 Å². The number of nitrogens with one attached hydrogen (secondary N) is 2. The topological polar surface area (TPSA) is 93.5 Å². The summed E-state index contributed by atoms with van der Waals surface area (Å²) in [6, 6.07) is 13.3. The number of methoxy groups -OCH3 is 1. The molecule has 0 aliphatic rings. The number of hydrogen-bond acceptors (Lipinski definition) is 4. The molecule has 0 fully saturated rings. The van der Waals surface area contributed by atoms with E-state index in [2.05, 4.69) is 10.6 Å². The first-order valence-corrected chi connectivity index (χ1v) is 8.03. The number of para-hydroxylation sites is 1. The Bertz CT molecular complexity index is 765. The Morgan fingerprint density at radius 3 is 2.23 bits per heavy atom. The Hall–Kier alpha value is -2.57. The molecule has 6 nitrogen and oxygen atoms in total. The zero-order valence-corrected chi connectivity index (χ0v) is 15.8. The Morgan fingerprint density at radius 1 is 1.00 bits per heavy atom. The number of carbonyl (C=O) groups is 2. The van der Waals surface area contributed by atoms with Crippen LogP contribution in [0, 0.1) is 5.92 Å². The zero-order chi connectivity index (χ0) is 18.4. The van der Waals surface area contributed by atoms with Gasteiger partial charge in [0.15, 0.2) is 0 Å². The fraction of sp³-hybridized carbons (Fsp3) is 0.263. The van der Waals surface area contributed by atoms with Crippen LogP contribution in [0.15, 0.2) is 48.5 Å². The second-order valence-corrected chi connectivity index (χ2v) is 5.99. The predicted octanol–water partition coefficient (Wildman–Crippen LogP) is 3.29. The molecule has 0 aliphatic carbocycles. The molecular weight excluding hydrogens is 354 g/mol. The van der Waals surface area contributed by atoms with Gasteiger partial charge in [0.25, 0.3) is 5.91 Å². The van der Waals surface area contributed by atoms with E-state index in [-0.39, 0.29) is 30.1 Å². The summed E-state index contributed by atoms with van der Waals surface area (Å²) < 4.78 is 5.20. The summed E-state index contributed by atoms with van der Waals surface area (Å²) in [7, 11) is 1.51. The maximum absolute atomic E-state index is 12.4. The van der Waals surface area contributed by atoms with E-state index in [9.17, 15) is 9.59 Å². The summed E-state index contributed by atoms with van der Waals surface area (Å²) in [5.74, 6) is -0.0243. The smallest absolute Gasteiger partial charge is 0.259 e. The van der Waals surface area contributed by atoms with Crippen LogP contribution in [0.3, 0.4) is 0 Å². The summed E-state index contributed by atoms with van der Waals surface area (Å²) in [6.45, 7) is 3.77. The van der Waals surface area contributed by atoms with E-state index >= 15 is 0 Å². The number of carbonyl (C=O) groups excluding carboxylic acids is 2. The summed E-state index contributed by atoms with van der Waals surface area (Å²) >= 11 is 0. The minimum atomic E-state index is -0.591. The van der Waals surface area contributed by atoms with Gasteiger partial charge in [-0.2, -0.15) is 0 Å². The first-order chi connectivity index (χ1) is 11.9. The third-order valence-corrected chi connectivity index (χ3v) is 3.76. The summed E-state index contributed by atoms with van der Waals surface area (Å²) in [5, 5.41) is 5.56. The molecule has 0 unspecified atom stereocenters. The minimum absolute atomic E-state index is 0. The fourth-order valence-electron chi connectivity index (χ4n) is 2.23. The molecule has 0 spiro atoms. The van der Waals surface area contributed by atoms with Crippen LogP contribution in [-0.2, 0) is 4.79 Å². The molecule has 2 amide bonds. The number of amides is 2. The molecule has 7 heteroatoms. The number of hydrogen-bond donors (Lipinski definition) is 3. The lowest BCUT2D eigenvalue weighted by atomic mass is 10.0. The van der Waals surface area contributed by atoms with Crippen molar-refractivity contribution in [3.8, 4) is 5.75 Å². The van der Waals surface area contributed by atoms with Crippen molar-refractivity contribution in [3.05, 3.63) is 54.1 Å². The molecule has 0 aliphatic heterocycles. The second-order valence-electron chi connectivity index (χ2n) is 5.99. The molecule has 140 valence electrons. The lowest BCUT2D eigenvalue weighted by molar-refractivity contribution is -0.118. The van der Waals surface area contributed by atoms with E-state index in [0.29, 0.717) is 22.7 Å². The molecule has 4 N–H and O–H groups in total. The number of anilines is 2. The van der Waals surface area contributed by atoms with Gasteiger partial charge >= 0.3 is 0 Å². The summed E-state index contributed by atoms with van der Waals surface area (Å²) in [4.78, 5) is 24.5. The van der Waals surface area contributed by atoms with Gasteiger partial charge in [-0.15, -0.1) is 12.4 Å². The molecule has 0 saturated heterocycles. The number of rotatable bonds is 6. The van der Waals surface area contributed by atoms with Crippen molar-refractivity contribution < 1.29 is 14.3 Å². The van der Waals surface area contributed by atoms with Crippen LogP contribution in [0.25, 0.3) is 0 Å². The van der Waals surface area contributed by atoms with Crippen molar-refractivity contribution in [1.29, 1.82) is 0 Å². The van der Waals surface area contributed by atoms with E-state index in [1.54, 1.807) is 48.5 Å². The monoisotopic (exact) mass is 377 g/mol. The number of nitrogens with two attached hydrogens (primary N) is 1. The molecule has 26 heavy (non-hydrogen) atoms. The molecule has 2 aromatic rings. The maximum atomic E-state index is 12.4. The number of benzene rings is 2. The summed E-state index contributed by atoms with van der Waals surface area (Å²) in [6.07, 6.45) is 0. The van der Waals surface area contributed by atoms with E-state index in [0.717, 1.165) is 0 Å². The number of ether oxygens (including phenoxy) is 1. The lowest BCUT2D eigenvalue weighted by Gasteiger charge is -2.16. The highest BCUT2D eigenvalue weighted by atomic mass is 35.5.